The van der Waals surface area contributed by atoms with Gasteiger partial charge in [-0.2, -0.15) is 0 Å². The first-order valence-electron chi connectivity index (χ1n) is 7.96. The summed E-state index contributed by atoms with van der Waals surface area (Å²) in [6.07, 6.45) is 1.30. The summed E-state index contributed by atoms with van der Waals surface area (Å²) in [5.74, 6) is -0.835. The highest BCUT2D eigenvalue weighted by molar-refractivity contribution is 9.10. The van der Waals surface area contributed by atoms with Crippen LogP contribution in [0.15, 0.2) is 44.5 Å². The quantitative estimate of drug-likeness (QED) is 0.629. The molecule has 3 rings (SSSR count). The highest BCUT2D eigenvalue weighted by atomic mass is 79.9. The van der Waals surface area contributed by atoms with E-state index in [2.05, 4.69) is 20.9 Å². The minimum atomic E-state index is -0.532. The van der Waals surface area contributed by atoms with Gasteiger partial charge in [-0.3, -0.25) is 18.7 Å². The lowest BCUT2D eigenvalue weighted by Crippen LogP contribution is -2.37. The van der Waals surface area contributed by atoms with Crippen LogP contribution in [0.2, 0.25) is 0 Å². The van der Waals surface area contributed by atoms with Crippen molar-refractivity contribution in [3.8, 4) is 0 Å². The van der Waals surface area contributed by atoms with Gasteiger partial charge in [-0.1, -0.05) is 15.9 Å². The Morgan fingerprint density at radius 3 is 2.63 bits per heavy atom. The van der Waals surface area contributed by atoms with Crippen LogP contribution in [0.25, 0.3) is 11.0 Å². The molecule has 2 heterocycles. The predicted molar refractivity (Wildman–Crippen MR) is 102 cm³/mol. The van der Waals surface area contributed by atoms with Crippen LogP contribution in [-0.2, 0) is 20.6 Å². The molecule has 0 saturated carbocycles. The summed E-state index contributed by atoms with van der Waals surface area (Å²) in [7, 11) is 4.40. The summed E-state index contributed by atoms with van der Waals surface area (Å²) in [5, 5.41) is 0.160. The van der Waals surface area contributed by atoms with E-state index in [0.29, 0.717) is 10.0 Å². The predicted octanol–water partition coefficient (Wildman–Crippen LogP) is 1.81. The molecule has 0 aliphatic carbocycles. The van der Waals surface area contributed by atoms with Crippen LogP contribution in [0.4, 0.5) is 4.39 Å². The highest BCUT2D eigenvalue weighted by Crippen LogP contribution is 2.18. The Hall–Kier alpha value is -2.81. The largest absolute Gasteiger partial charge is 0.337 e. The SMILES string of the molecule is CN(Cc1cc(Br)ccc1F)C(=O)c1cnc2c(c1)c(=O)n(C)c(=O)n2C. The first kappa shape index (κ1) is 19.0. The number of carbonyl (C=O) groups excluding carboxylic acids is 1. The zero-order chi connectivity index (χ0) is 19.9. The second-order valence-corrected chi connectivity index (χ2v) is 7.11. The van der Waals surface area contributed by atoms with Crippen molar-refractivity contribution in [2.75, 3.05) is 7.05 Å². The van der Waals surface area contributed by atoms with E-state index in [1.807, 2.05) is 0 Å². The average molecular weight is 435 g/mol. The van der Waals surface area contributed by atoms with Gasteiger partial charge in [0.25, 0.3) is 11.5 Å². The number of aryl methyl sites for hydroxylation is 1. The molecule has 0 unspecified atom stereocenters. The molecule has 1 aromatic carbocycles. The topological polar surface area (TPSA) is 77.2 Å². The van der Waals surface area contributed by atoms with Crippen LogP contribution in [-0.4, -0.2) is 32.0 Å². The van der Waals surface area contributed by atoms with Gasteiger partial charge in [0.2, 0.25) is 0 Å². The number of fused-ring (bicyclic) bond motifs is 1. The van der Waals surface area contributed by atoms with Crippen molar-refractivity contribution in [2.24, 2.45) is 14.1 Å². The van der Waals surface area contributed by atoms with Gasteiger partial charge in [-0.25, -0.2) is 14.2 Å². The number of aromatic nitrogens is 3. The van der Waals surface area contributed by atoms with Crippen molar-refractivity contribution in [3.05, 3.63) is 72.7 Å². The Balaban J connectivity index is 1.99. The fraction of sp³-hybridized carbons (Fsp3) is 0.222. The monoisotopic (exact) mass is 434 g/mol. The third-order valence-electron chi connectivity index (χ3n) is 4.30. The number of carbonyl (C=O) groups is 1. The molecular formula is C18H16BrFN4O3. The molecule has 1 amide bonds. The fourth-order valence-electron chi connectivity index (χ4n) is 2.79. The van der Waals surface area contributed by atoms with E-state index in [1.54, 1.807) is 12.1 Å². The third kappa shape index (κ3) is 3.42. The van der Waals surface area contributed by atoms with E-state index in [4.69, 9.17) is 0 Å². The van der Waals surface area contributed by atoms with Crippen molar-refractivity contribution < 1.29 is 9.18 Å². The summed E-state index contributed by atoms with van der Waals surface area (Å²) >= 11 is 3.28. The second kappa shape index (κ2) is 7.07. The van der Waals surface area contributed by atoms with Crippen LogP contribution < -0.4 is 11.2 Å². The van der Waals surface area contributed by atoms with Crippen LogP contribution in [0, 0.1) is 5.82 Å². The summed E-state index contributed by atoms with van der Waals surface area (Å²) in [6, 6.07) is 5.90. The molecule has 0 bridgehead atoms. The Morgan fingerprint density at radius 1 is 1.22 bits per heavy atom. The molecule has 0 radical (unpaired) electrons. The van der Waals surface area contributed by atoms with Crippen molar-refractivity contribution >= 4 is 32.9 Å². The molecule has 2 aromatic heterocycles. The number of pyridine rings is 1. The minimum Gasteiger partial charge on any atom is -0.337 e. The molecule has 0 saturated heterocycles. The van der Waals surface area contributed by atoms with E-state index >= 15 is 0 Å². The molecule has 0 fully saturated rings. The van der Waals surface area contributed by atoms with Gasteiger partial charge >= 0.3 is 5.69 Å². The summed E-state index contributed by atoms with van der Waals surface area (Å²) in [5.41, 5.74) is -0.305. The molecule has 27 heavy (non-hydrogen) atoms. The van der Waals surface area contributed by atoms with Crippen molar-refractivity contribution in [1.29, 1.82) is 0 Å². The molecular weight excluding hydrogens is 419 g/mol. The van der Waals surface area contributed by atoms with E-state index in [-0.39, 0.29) is 23.1 Å². The average Bonchev–Trinajstić information content (AvgIpc) is 2.66. The normalized spacial score (nSPS) is 11.0. The smallest absolute Gasteiger partial charge is 0.332 e. The van der Waals surface area contributed by atoms with Crippen LogP contribution in [0.3, 0.4) is 0 Å². The zero-order valence-electron chi connectivity index (χ0n) is 14.9. The number of hydrogen-bond donors (Lipinski definition) is 0. The number of amides is 1. The first-order chi connectivity index (χ1) is 12.7. The van der Waals surface area contributed by atoms with Gasteiger partial charge in [0.1, 0.15) is 11.5 Å². The maximum Gasteiger partial charge on any atom is 0.332 e. The Morgan fingerprint density at radius 2 is 1.93 bits per heavy atom. The van der Waals surface area contributed by atoms with E-state index in [9.17, 15) is 18.8 Å². The van der Waals surface area contributed by atoms with E-state index in [0.717, 1.165) is 4.57 Å². The number of nitrogens with zero attached hydrogens (tertiary/aromatic N) is 4. The van der Waals surface area contributed by atoms with E-state index < -0.39 is 23.0 Å². The Bertz CT molecular complexity index is 1190. The van der Waals surface area contributed by atoms with E-state index in [1.165, 1.54) is 48.9 Å². The number of halogens is 2. The number of hydrogen-bond acceptors (Lipinski definition) is 4. The molecule has 7 nitrogen and oxygen atoms in total. The minimum absolute atomic E-state index is 0.0490. The van der Waals surface area contributed by atoms with Gasteiger partial charge in [0.05, 0.1) is 10.9 Å². The molecule has 0 aliphatic rings. The van der Waals surface area contributed by atoms with Gasteiger partial charge in [0, 0.05) is 43.9 Å². The maximum atomic E-state index is 13.9. The lowest BCUT2D eigenvalue weighted by molar-refractivity contribution is 0.0783. The van der Waals surface area contributed by atoms with Crippen LogP contribution in [0.1, 0.15) is 15.9 Å². The third-order valence-corrected chi connectivity index (χ3v) is 4.80. The molecule has 0 atom stereocenters. The zero-order valence-corrected chi connectivity index (χ0v) is 16.4. The summed E-state index contributed by atoms with van der Waals surface area (Å²) < 4.78 is 16.8. The molecule has 9 heteroatoms. The van der Waals surface area contributed by atoms with Gasteiger partial charge in [-0.15, -0.1) is 0 Å². The van der Waals surface area contributed by atoms with Gasteiger partial charge in [0.15, 0.2) is 0 Å². The molecule has 0 N–H and O–H groups in total. The first-order valence-corrected chi connectivity index (χ1v) is 8.75. The van der Waals surface area contributed by atoms with Gasteiger partial charge < -0.3 is 4.90 Å². The Labute approximate surface area is 161 Å². The van der Waals surface area contributed by atoms with Crippen molar-refractivity contribution in [1.82, 2.24) is 19.0 Å². The van der Waals surface area contributed by atoms with Crippen molar-refractivity contribution in [3.63, 3.8) is 0 Å². The lowest BCUT2D eigenvalue weighted by atomic mass is 10.1. The maximum absolute atomic E-state index is 13.9. The summed E-state index contributed by atoms with van der Waals surface area (Å²) in [4.78, 5) is 42.5. The number of rotatable bonds is 3. The number of benzene rings is 1. The van der Waals surface area contributed by atoms with Crippen LogP contribution in [0.5, 0.6) is 0 Å². The van der Waals surface area contributed by atoms with Crippen molar-refractivity contribution in [2.45, 2.75) is 6.54 Å². The van der Waals surface area contributed by atoms with Gasteiger partial charge in [-0.05, 0) is 24.3 Å². The standard InChI is InChI=1S/C18H16BrFN4O3/c1-22(9-11-6-12(19)4-5-14(11)20)16(25)10-7-13-15(21-8-10)23(2)18(27)24(3)17(13)26/h4-8H,9H2,1-3H3. The highest BCUT2D eigenvalue weighted by Gasteiger charge is 2.17. The second-order valence-electron chi connectivity index (χ2n) is 6.20. The lowest BCUT2D eigenvalue weighted by Gasteiger charge is -2.18. The van der Waals surface area contributed by atoms with Crippen LogP contribution >= 0.6 is 15.9 Å². The molecule has 140 valence electrons. The fourth-order valence-corrected chi connectivity index (χ4v) is 3.20. The molecule has 0 spiro atoms. The Kier molecular flexibility index (Phi) is 4.97. The molecule has 3 aromatic rings. The molecule has 0 aliphatic heterocycles. The summed E-state index contributed by atoms with van der Waals surface area (Å²) in [6.45, 7) is 0.0490.